The Hall–Kier alpha value is -4.86. The Balaban J connectivity index is 2.18. The molecule has 0 spiro atoms. The Morgan fingerprint density at radius 2 is 1.95 bits per heavy atom. The highest BCUT2D eigenvalue weighted by molar-refractivity contribution is 6.06. The smallest absolute Gasteiger partial charge is 0.382 e. The van der Waals surface area contributed by atoms with Crippen LogP contribution in [-0.2, 0) is 6.18 Å². The maximum Gasteiger partial charge on any atom is 0.451 e. The van der Waals surface area contributed by atoms with E-state index in [9.17, 15) is 22.8 Å². The summed E-state index contributed by atoms with van der Waals surface area (Å²) in [7, 11) is 0. The van der Waals surface area contributed by atoms with Crippen molar-refractivity contribution in [1.29, 1.82) is 16.1 Å². The van der Waals surface area contributed by atoms with Crippen molar-refractivity contribution in [2.45, 2.75) is 25.4 Å². The highest BCUT2D eigenvalue weighted by atomic mass is 19.4. The third kappa shape index (κ3) is 5.69. The maximum atomic E-state index is 14.1. The van der Waals surface area contributed by atoms with Crippen LogP contribution >= 0.6 is 0 Å². The fourth-order valence-electron chi connectivity index (χ4n) is 3.70. The third-order valence-electron chi connectivity index (χ3n) is 5.39. The molecule has 6 N–H and O–H groups in total. The number of nitrogens with zero attached hydrogens (tertiary/aromatic N) is 4. The van der Waals surface area contributed by atoms with Gasteiger partial charge in [-0.15, -0.1) is 0 Å². The van der Waals surface area contributed by atoms with Crippen molar-refractivity contribution < 1.29 is 17.6 Å². The van der Waals surface area contributed by atoms with Gasteiger partial charge >= 0.3 is 6.18 Å². The number of anilines is 1. The van der Waals surface area contributed by atoms with Crippen LogP contribution in [0.3, 0.4) is 0 Å². The normalized spacial score (nSPS) is 13.1. The summed E-state index contributed by atoms with van der Waals surface area (Å²) in [6, 6.07) is 7.99. The molecule has 0 aliphatic heterocycles. The number of hydrogen-bond acceptors (Lipinski definition) is 6. The molecule has 3 aromatic rings. The fourth-order valence-corrected chi connectivity index (χ4v) is 3.70. The molecule has 0 bridgehead atoms. The lowest BCUT2D eigenvalue weighted by Crippen LogP contribution is -2.16. The second-order valence-electron chi connectivity index (χ2n) is 7.59. The summed E-state index contributed by atoms with van der Waals surface area (Å²) in [6.07, 6.45) is 0.590. The zero-order valence-corrected chi connectivity index (χ0v) is 19.4. The second kappa shape index (κ2) is 11.3. The molecular weight excluding hydrogens is 490 g/mol. The standard InChI is InChI=1S/C24H21F4N9/c1-2-15(13(7-29)9-33-18-6-4-3-5-17(18)25)20-16(8-30)19(21(37-20)22(32)36-12-31)14-10-34-23(35-11-14)24(26,27)28/h3-7,9-12,15,29,33,37H,2H2,1H3,(H3,31,32,36)/b13-9+,29-7?. The van der Waals surface area contributed by atoms with Crippen LogP contribution in [0.2, 0.25) is 0 Å². The van der Waals surface area contributed by atoms with E-state index in [0.717, 1.165) is 18.6 Å². The molecule has 0 fully saturated rings. The van der Waals surface area contributed by atoms with E-state index in [-0.39, 0.29) is 33.9 Å². The van der Waals surface area contributed by atoms with Gasteiger partial charge in [-0.1, -0.05) is 19.1 Å². The maximum absolute atomic E-state index is 14.1. The number of alkyl halides is 3. The predicted octanol–water partition coefficient (Wildman–Crippen LogP) is 4.95. The molecule has 0 aliphatic carbocycles. The number of nitriles is 1. The van der Waals surface area contributed by atoms with E-state index in [1.165, 1.54) is 24.4 Å². The Bertz CT molecular complexity index is 1400. The van der Waals surface area contributed by atoms with Crippen molar-refractivity contribution in [2.75, 3.05) is 5.32 Å². The lowest BCUT2D eigenvalue weighted by Gasteiger charge is -2.16. The topological polar surface area (TPSA) is 163 Å². The van der Waals surface area contributed by atoms with Gasteiger partial charge in [0.25, 0.3) is 0 Å². The van der Waals surface area contributed by atoms with Gasteiger partial charge in [0.05, 0.1) is 16.9 Å². The van der Waals surface area contributed by atoms with Gasteiger partial charge in [-0.3, -0.25) is 5.41 Å². The first-order chi connectivity index (χ1) is 17.7. The number of aromatic nitrogens is 3. The van der Waals surface area contributed by atoms with E-state index < -0.39 is 23.7 Å². The van der Waals surface area contributed by atoms with Crippen molar-refractivity contribution in [1.82, 2.24) is 15.0 Å². The summed E-state index contributed by atoms with van der Waals surface area (Å²) in [6.45, 7) is 1.79. The molecule has 37 heavy (non-hydrogen) atoms. The van der Waals surface area contributed by atoms with Crippen LogP contribution in [0, 0.1) is 28.0 Å². The highest BCUT2D eigenvalue weighted by Crippen LogP contribution is 2.37. The van der Waals surface area contributed by atoms with Gasteiger partial charge in [-0.05, 0) is 24.1 Å². The number of nitrogens with one attached hydrogen (secondary N) is 4. The monoisotopic (exact) mass is 511 g/mol. The molecule has 2 heterocycles. The molecule has 190 valence electrons. The SMILES string of the molecule is CCC(/C(C=N)=C/Nc1ccccc1F)c1[nH]c(/C(N)=N\C=N)c(-c2cnc(C(F)(F)F)nc2)c1C#N. The number of rotatable bonds is 9. The number of H-pyrrole nitrogens is 1. The zero-order chi connectivity index (χ0) is 27.2. The molecule has 0 saturated carbocycles. The molecule has 3 rings (SSSR count). The van der Waals surface area contributed by atoms with Crippen LogP contribution in [-0.4, -0.2) is 33.3 Å². The van der Waals surface area contributed by atoms with Gasteiger partial charge in [0.1, 0.15) is 24.1 Å². The van der Waals surface area contributed by atoms with Crippen LogP contribution in [0.25, 0.3) is 11.1 Å². The number of benzene rings is 1. The minimum absolute atomic E-state index is 0.0204. The van der Waals surface area contributed by atoms with Crippen LogP contribution in [0.5, 0.6) is 0 Å². The quantitative estimate of drug-likeness (QED) is 0.156. The summed E-state index contributed by atoms with van der Waals surface area (Å²) in [5, 5.41) is 28.0. The number of amidine groups is 1. The van der Waals surface area contributed by atoms with E-state index in [0.29, 0.717) is 24.0 Å². The Labute approximate surface area is 208 Å². The Morgan fingerprint density at radius 1 is 1.27 bits per heavy atom. The number of hydrogen-bond donors (Lipinski definition) is 5. The molecule has 1 atom stereocenters. The largest absolute Gasteiger partial charge is 0.451 e. The number of allylic oxidation sites excluding steroid dienone is 1. The van der Waals surface area contributed by atoms with Gasteiger partial charge in [0.2, 0.25) is 5.82 Å². The van der Waals surface area contributed by atoms with Gasteiger partial charge in [-0.25, -0.2) is 19.4 Å². The number of halogens is 4. The average Bonchev–Trinajstić information content (AvgIpc) is 3.26. The van der Waals surface area contributed by atoms with Crippen LogP contribution in [0.15, 0.2) is 53.4 Å². The molecule has 1 aromatic carbocycles. The molecule has 0 radical (unpaired) electrons. The minimum Gasteiger partial charge on any atom is -0.382 e. The van der Waals surface area contributed by atoms with Crippen LogP contribution < -0.4 is 11.1 Å². The predicted molar refractivity (Wildman–Crippen MR) is 131 cm³/mol. The lowest BCUT2D eigenvalue weighted by atomic mass is 9.90. The molecule has 0 aliphatic rings. The first kappa shape index (κ1) is 26.7. The van der Waals surface area contributed by atoms with Gasteiger partial charge in [0.15, 0.2) is 0 Å². The lowest BCUT2D eigenvalue weighted by molar-refractivity contribution is -0.144. The highest BCUT2D eigenvalue weighted by Gasteiger charge is 2.35. The molecule has 13 heteroatoms. The molecule has 1 unspecified atom stereocenters. The van der Waals surface area contributed by atoms with E-state index in [1.807, 2.05) is 6.07 Å². The first-order valence-electron chi connectivity index (χ1n) is 10.8. The second-order valence-corrected chi connectivity index (χ2v) is 7.59. The van der Waals surface area contributed by atoms with E-state index in [4.69, 9.17) is 16.6 Å². The molecule has 9 nitrogen and oxygen atoms in total. The van der Waals surface area contributed by atoms with E-state index in [2.05, 4.69) is 25.3 Å². The third-order valence-corrected chi connectivity index (χ3v) is 5.39. The zero-order valence-electron chi connectivity index (χ0n) is 19.4. The molecular formula is C24H21F4N9. The van der Waals surface area contributed by atoms with Crippen molar-refractivity contribution in [3.8, 4) is 17.2 Å². The van der Waals surface area contributed by atoms with E-state index >= 15 is 0 Å². The molecule has 0 saturated heterocycles. The number of nitrogens with two attached hydrogens (primary N) is 1. The summed E-state index contributed by atoms with van der Waals surface area (Å²) in [4.78, 5) is 13.5. The molecule has 2 aromatic heterocycles. The Morgan fingerprint density at radius 3 is 2.49 bits per heavy atom. The summed E-state index contributed by atoms with van der Waals surface area (Å²) in [5.41, 5.74) is 7.09. The number of aromatic amines is 1. The Kier molecular flexibility index (Phi) is 8.13. The number of aliphatic imine (C=N–C) groups is 1. The fraction of sp³-hybridized carbons (Fsp3) is 0.167. The van der Waals surface area contributed by atoms with Gasteiger partial charge in [-0.2, -0.15) is 18.4 Å². The summed E-state index contributed by atoms with van der Waals surface area (Å²) >= 11 is 0. The van der Waals surface area contributed by atoms with Crippen molar-refractivity contribution in [2.24, 2.45) is 10.7 Å². The minimum atomic E-state index is -4.76. The van der Waals surface area contributed by atoms with Gasteiger partial charge < -0.3 is 21.4 Å². The number of para-hydroxylation sites is 1. The van der Waals surface area contributed by atoms with Crippen LogP contribution in [0.1, 0.15) is 42.0 Å². The molecule has 0 amide bonds. The van der Waals surface area contributed by atoms with Crippen molar-refractivity contribution in [3.05, 3.63) is 77.0 Å². The van der Waals surface area contributed by atoms with E-state index in [1.54, 1.807) is 13.0 Å². The average molecular weight is 511 g/mol. The van der Waals surface area contributed by atoms with Gasteiger partial charge in [0, 0.05) is 47.5 Å². The van der Waals surface area contributed by atoms with Crippen LogP contribution in [0.4, 0.5) is 23.2 Å². The summed E-state index contributed by atoms with van der Waals surface area (Å²) < 4.78 is 53.0. The summed E-state index contributed by atoms with van der Waals surface area (Å²) in [5.74, 6) is -2.67. The van der Waals surface area contributed by atoms with Crippen molar-refractivity contribution >= 4 is 24.1 Å². The first-order valence-corrected chi connectivity index (χ1v) is 10.8. The van der Waals surface area contributed by atoms with Crippen molar-refractivity contribution in [3.63, 3.8) is 0 Å².